The minimum atomic E-state index is -0.0292. The van der Waals surface area contributed by atoms with Crippen molar-refractivity contribution < 1.29 is 9.53 Å². The van der Waals surface area contributed by atoms with Gasteiger partial charge in [0.05, 0.1) is 11.7 Å². The molecular formula is C21H22N2O2. The molecule has 1 fully saturated rings. The largest absolute Gasteiger partial charge is 0.376 e. The predicted octanol–water partition coefficient (Wildman–Crippen LogP) is 3.60. The molecule has 1 saturated heterocycles. The van der Waals surface area contributed by atoms with Crippen LogP contribution < -0.4 is 5.32 Å². The molecule has 1 aliphatic heterocycles. The first-order chi connectivity index (χ1) is 12.3. The van der Waals surface area contributed by atoms with Crippen LogP contribution in [0.15, 0.2) is 60.8 Å². The van der Waals surface area contributed by atoms with Gasteiger partial charge in [0.25, 0.3) is 5.91 Å². The fourth-order valence-electron chi connectivity index (χ4n) is 3.45. The number of aromatic nitrogens is 1. The Labute approximate surface area is 147 Å². The van der Waals surface area contributed by atoms with Crippen molar-refractivity contribution in [1.82, 2.24) is 9.88 Å². The first kappa shape index (κ1) is 15.9. The van der Waals surface area contributed by atoms with Crippen molar-refractivity contribution in [2.45, 2.75) is 25.5 Å². The first-order valence-corrected chi connectivity index (χ1v) is 8.83. The van der Waals surface area contributed by atoms with Crippen molar-refractivity contribution in [3.8, 4) is 0 Å². The molecule has 0 spiro atoms. The van der Waals surface area contributed by atoms with Gasteiger partial charge in [-0.05, 0) is 24.5 Å². The summed E-state index contributed by atoms with van der Waals surface area (Å²) >= 11 is 0. The minimum Gasteiger partial charge on any atom is -0.376 e. The quantitative estimate of drug-likeness (QED) is 0.775. The number of hydrogen-bond donors (Lipinski definition) is 1. The number of fused-ring (bicyclic) bond motifs is 1. The molecule has 1 amide bonds. The van der Waals surface area contributed by atoms with Crippen LogP contribution in [-0.4, -0.2) is 29.7 Å². The Hall–Kier alpha value is -2.59. The number of carbonyl (C=O) groups is 1. The highest BCUT2D eigenvalue weighted by Gasteiger charge is 2.19. The Balaban J connectivity index is 1.59. The number of nitrogens with zero attached hydrogens (tertiary/aromatic N) is 1. The van der Waals surface area contributed by atoms with Gasteiger partial charge >= 0.3 is 0 Å². The van der Waals surface area contributed by atoms with Crippen molar-refractivity contribution in [2.24, 2.45) is 0 Å². The summed E-state index contributed by atoms with van der Waals surface area (Å²) in [4.78, 5) is 12.7. The Morgan fingerprint density at radius 2 is 1.92 bits per heavy atom. The number of para-hydroxylation sites is 1. The van der Waals surface area contributed by atoms with E-state index in [1.54, 1.807) is 0 Å². The molecule has 0 bridgehead atoms. The van der Waals surface area contributed by atoms with Gasteiger partial charge in [-0.25, -0.2) is 0 Å². The molecule has 0 radical (unpaired) electrons. The number of ether oxygens (including phenoxy) is 1. The Bertz CT molecular complexity index is 864. The third kappa shape index (κ3) is 3.44. The number of hydrogen-bond acceptors (Lipinski definition) is 2. The summed E-state index contributed by atoms with van der Waals surface area (Å²) in [5.41, 5.74) is 3.02. The third-order valence-corrected chi connectivity index (χ3v) is 4.74. The minimum absolute atomic E-state index is 0.0292. The predicted molar refractivity (Wildman–Crippen MR) is 98.8 cm³/mol. The zero-order valence-electron chi connectivity index (χ0n) is 14.2. The summed E-state index contributed by atoms with van der Waals surface area (Å²) in [5.74, 6) is -0.0292. The van der Waals surface area contributed by atoms with Crippen molar-refractivity contribution in [3.05, 3.63) is 71.9 Å². The number of rotatable bonds is 5. The summed E-state index contributed by atoms with van der Waals surface area (Å²) in [6.45, 7) is 2.13. The second kappa shape index (κ2) is 7.11. The summed E-state index contributed by atoms with van der Waals surface area (Å²) in [7, 11) is 0. The fraction of sp³-hybridized carbons (Fsp3) is 0.286. The van der Waals surface area contributed by atoms with Crippen LogP contribution in [0.3, 0.4) is 0 Å². The van der Waals surface area contributed by atoms with Crippen molar-refractivity contribution >= 4 is 16.8 Å². The molecule has 4 nitrogen and oxygen atoms in total. The average molecular weight is 334 g/mol. The van der Waals surface area contributed by atoms with Gasteiger partial charge < -0.3 is 14.6 Å². The fourth-order valence-corrected chi connectivity index (χ4v) is 3.45. The van der Waals surface area contributed by atoms with Gasteiger partial charge in [-0.3, -0.25) is 4.79 Å². The van der Waals surface area contributed by atoms with E-state index >= 15 is 0 Å². The van der Waals surface area contributed by atoms with Crippen molar-refractivity contribution in [3.63, 3.8) is 0 Å². The van der Waals surface area contributed by atoms with E-state index in [0.29, 0.717) is 6.54 Å². The van der Waals surface area contributed by atoms with Crippen LogP contribution in [0.2, 0.25) is 0 Å². The highest BCUT2D eigenvalue weighted by Crippen LogP contribution is 2.22. The maximum Gasteiger partial charge on any atom is 0.253 e. The average Bonchev–Trinajstić information content (AvgIpc) is 3.29. The second-order valence-electron chi connectivity index (χ2n) is 6.52. The number of amides is 1. The summed E-state index contributed by atoms with van der Waals surface area (Å²) in [6.07, 6.45) is 4.22. The van der Waals surface area contributed by atoms with Crippen LogP contribution in [0.5, 0.6) is 0 Å². The SMILES string of the molecule is O=C(NCC1CCCO1)c1cn(Cc2ccccc2)c2ccccc12. The smallest absolute Gasteiger partial charge is 0.253 e. The maximum atomic E-state index is 12.7. The Kier molecular flexibility index (Phi) is 4.53. The van der Waals surface area contributed by atoms with Gasteiger partial charge in [-0.2, -0.15) is 0 Å². The number of benzene rings is 2. The molecule has 4 rings (SSSR count). The molecule has 128 valence electrons. The van der Waals surface area contributed by atoms with E-state index in [0.717, 1.165) is 42.5 Å². The molecule has 2 heterocycles. The molecule has 1 N–H and O–H groups in total. The molecule has 0 saturated carbocycles. The van der Waals surface area contributed by atoms with E-state index in [2.05, 4.69) is 28.1 Å². The van der Waals surface area contributed by atoms with Gasteiger partial charge in [0.2, 0.25) is 0 Å². The van der Waals surface area contributed by atoms with Crippen LogP contribution in [0.4, 0.5) is 0 Å². The normalized spacial score (nSPS) is 17.0. The van der Waals surface area contributed by atoms with Crippen molar-refractivity contribution in [1.29, 1.82) is 0 Å². The van der Waals surface area contributed by atoms with Crippen LogP contribution in [0, 0.1) is 0 Å². The van der Waals surface area contributed by atoms with E-state index in [4.69, 9.17) is 4.74 Å². The molecule has 1 aromatic heterocycles. The number of nitrogens with one attached hydrogen (secondary N) is 1. The summed E-state index contributed by atoms with van der Waals surface area (Å²) in [5, 5.41) is 4.02. The van der Waals surface area contributed by atoms with Gasteiger partial charge in [0.15, 0.2) is 0 Å². The lowest BCUT2D eigenvalue weighted by atomic mass is 10.1. The molecular weight excluding hydrogens is 312 g/mol. The van der Waals surface area contributed by atoms with Crippen LogP contribution in [0.25, 0.3) is 10.9 Å². The molecule has 1 aliphatic rings. The van der Waals surface area contributed by atoms with Crippen LogP contribution in [-0.2, 0) is 11.3 Å². The summed E-state index contributed by atoms with van der Waals surface area (Å²) < 4.78 is 7.74. The van der Waals surface area contributed by atoms with Crippen LogP contribution in [0.1, 0.15) is 28.8 Å². The van der Waals surface area contributed by atoms with Gasteiger partial charge in [-0.15, -0.1) is 0 Å². The topological polar surface area (TPSA) is 43.3 Å². The first-order valence-electron chi connectivity index (χ1n) is 8.83. The van der Waals surface area contributed by atoms with E-state index in [1.165, 1.54) is 5.56 Å². The van der Waals surface area contributed by atoms with E-state index in [1.807, 2.05) is 42.6 Å². The Morgan fingerprint density at radius 3 is 2.72 bits per heavy atom. The maximum absolute atomic E-state index is 12.7. The Morgan fingerprint density at radius 1 is 1.12 bits per heavy atom. The third-order valence-electron chi connectivity index (χ3n) is 4.74. The monoisotopic (exact) mass is 334 g/mol. The second-order valence-corrected chi connectivity index (χ2v) is 6.52. The molecule has 1 unspecified atom stereocenters. The van der Waals surface area contributed by atoms with Gasteiger partial charge in [0, 0.05) is 36.8 Å². The zero-order valence-corrected chi connectivity index (χ0v) is 14.2. The molecule has 0 aliphatic carbocycles. The van der Waals surface area contributed by atoms with E-state index in [9.17, 15) is 4.79 Å². The lowest BCUT2D eigenvalue weighted by Gasteiger charge is -2.10. The zero-order chi connectivity index (χ0) is 17.1. The molecule has 4 heteroatoms. The highest BCUT2D eigenvalue weighted by atomic mass is 16.5. The summed E-state index contributed by atoms with van der Waals surface area (Å²) in [6, 6.07) is 18.4. The molecule has 3 aromatic rings. The van der Waals surface area contributed by atoms with E-state index in [-0.39, 0.29) is 12.0 Å². The van der Waals surface area contributed by atoms with E-state index < -0.39 is 0 Å². The molecule has 25 heavy (non-hydrogen) atoms. The standard InChI is InChI=1S/C21H22N2O2/c24-21(22-13-17-9-6-12-25-17)19-15-23(14-16-7-2-1-3-8-16)20-11-5-4-10-18(19)20/h1-5,7-8,10-11,15,17H,6,9,12-14H2,(H,22,24). The van der Waals surface area contributed by atoms with Crippen LogP contribution >= 0.6 is 0 Å². The molecule has 2 aromatic carbocycles. The van der Waals surface area contributed by atoms with Crippen molar-refractivity contribution in [2.75, 3.05) is 13.2 Å². The lowest BCUT2D eigenvalue weighted by Crippen LogP contribution is -2.31. The molecule has 1 atom stereocenters. The van der Waals surface area contributed by atoms with Gasteiger partial charge in [0.1, 0.15) is 0 Å². The van der Waals surface area contributed by atoms with Gasteiger partial charge in [-0.1, -0.05) is 48.5 Å². The lowest BCUT2D eigenvalue weighted by molar-refractivity contribution is 0.0859. The number of carbonyl (C=O) groups excluding carboxylic acids is 1. The highest BCUT2D eigenvalue weighted by molar-refractivity contribution is 6.07.